The lowest BCUT2D eigenvalue weighted by molar-refractivity contribution is -0.0629. The maximum Gasteiger partial charge on any atom is 0.0459 e. The number of benzene rings is 1. The van der Waals surface area contributed by atoms with E-state index in [2.05, 4.69) is 62.0 Å². The van der Waals surface area contributed by atoms with Crippen LogP contribution in [0.25, 0.3) is 10.9 Å². The van der Waals surface area contributed by atoms with Crippen LogP contribution in [-0.2, 0) is 22.6 Å². The van der Waals surface area contributed by atoms with Crippen LogP contribution in [0.3, 0.4) is 0 Å². The van der Waals surface area contributed by atoms with Crippen LogP contribution in [0.5, 0.6) is 0 Å². The number of nitrogens with one attached hydrogen (secondary N) is 1. The van der Waals surface area contributed by atoms with E-state index in [1.165, 1.54) is 22.0 Å². The van der Waals surface area contributed by atoms with Gasteiger partial charge in [0.1, 0.15) is 0 Å². The normalized spacial score (nSPS) is 35.4. The highest BCUT2D eigenvalue weighted by Crippen LogP contribution is 2.57. The quantitative estimate of drug-likeness (QED) is 0.871. The predicted molar refractivity (Wildman–Crippen MR) is 111 cm³/mol. The molecule has 3 nitrogen and oxygen atoms in total. The minimum Gasteiger partial charge on any atom is -0.361 e. The van der Waals surface area contributed by atoms with E-state index >= 15 is 0 Å². The molecule has 4 rings (SSSR count). The van der Waals surface area contributed by atoms with Crippen LogP contribution in [0.4, 0.5) is 0 Å². The topological polar surface area (TPSA) is 36.1 Å². The Bertz CT molecular complexity index is 874. The number of H-pyrrole nitrogens is 1. The summed E-state index contributed by atoms with van der Waals surface area (Å²) in [6.45, 7) is 11.7. The minimum absolute atomic E-state index is 0.0588. The van der Waals surface area contributed by atoms with Gasteiger partial charge < -0.3 is 4.98 Å². The maximum atomic E-state index is 12.2. The number of hydrogen-bond donors (Lipinski definition) is 1. The predicted octanol–water partition coefficient (Wildman–Crippen LogP) is 4.24. The fourth-order valence-corrected chi connectivity index (χ4v) is 7.36. The van der Waals surface area contributed by atoms with Gasteiger partial charge >= 0.3 is 0 Å². The Labute approximate surface area is 160 Å². The van der Waals surface area contributed by atoms with Crippen LogP contribution in [0.1, 0.15) is 51.7 Å². The minimum atomic E-state index is -0.773. The lowest BCUT2D eigenvalue weighted by atomic mass is 9.52. The molecule has 2 aliphatic rings. The molecule has 0 radical (unpaired) electrons. The Kier molecular flexibility index (Phi) is 4.16. The monoisotopic (exact) mass is 372 g/mol. The van der Waals surface area contributed by atoms with Gasteiger partial charge in [0.2, 0.25) is 0 Å². The third kappa shape index (κ3) is 2.45. The van der Waals surface area contributed by atoms with Crippen LogP contribution in [0.2, 0.25) is 0 Å². The van der Waals surface area contributed by atoms with Crippen LogP contribution in [0, 0.1) is 5.41 Å². The summed E-state index contributed by atoms with van der Waals surface area (Å²) >= 11 is 0. The molecule has 2 heterocycles. The first-order chi connectivity index (χ1) is 12.2. The Balaban J connectivity index is 1.92. The number of piperidine rings is 1. The molecule has 0 saturated carbocycles. The summed E-state index contributed by atoms with van der Waals surface area (Å²) in [6.07, 6.45) is 7.42. The highest BCUT2D eigenvalue weighted by Gasteiger charge is 2.59. The van der Waals surface area contributed by atoms with Crippen molar-refractivity contribution in [1.82, 2.24) is 9.88 Å². The summed E-state index contributed by atoms with van der Waals surface area (Å²) < 4.78 is 12.2. The molecule has 4 atom stereocenters. The molecule has 1 fully saturated rings. The Morgan fingerprint density at radius 1 is 1.27 bits per heavy atom. The molecular formula is C22H32N2OS. The Hall–Kier alpha value is -1.13. The van der Waals surface area contributed by atoms with Crippen LogP contribution in [-0.4, -0.2) is 44.7 Å². The van der Waals surface area contributed by atoms with E-state index in [4.69, 9.17) is 0 Å². The van der Waals surface area contributed by atoms with Crippen molar-refractivity contribution in [3.63, 3.8) is 0 Å². The number of hydrogen-bond acceptors (Lipinski definition) is 2. The molecular weight excluding hydrogens is 340 g/mol. The van der Waals surface area contributed by atoms with Gasteiger partial charge in [0.25, 0.3) is 0 Å². The highest BCUT2D eigenvalue weighted by molar-refractivity contribution is 7.84. The van der Waals surface area contributed by atoms with Gasteiger partial charge in [-0.3, -0.25) is 9.11 Å². The number of fused-ring (bicyclic) bond motifs is 2. The lowest BCUT2D eigenvalue weighted by Crippen LogP contribution is -2.69. The molecule has 0 spiro atoms. The molecule has 4 heteroatoms. The van der Waals surface area contributed by atoms with Gasteiger partial charge in [-0.05, 0) is 55.3 Å². The van der Waals surface area contributed by atoms with E-state index in [0.29, 0.717) is 0 Å². The summed E-state index contributed by atoms with van der Waals surface area (Å²) in [7, 11) is -0.773. The van der Waals surface area contributed by atoms with Gasteiger partial charge in [0.15, 0.2) is 0 Å². The maximum absolute atomic E-state index is 12.2. The van der Waals surface area contributed by atoms with E-state index in [1.54, 1.807) is 0 Å². The molecule has 1 aliphatic carbocycles. The van der Waals surface area contributed by atoms with Crippen molar-refractivity contribution < 1.29 is 4.21 Å². The summed E-state index contributed by atoms with van der Waals surface area (Å²) in [5.74, 6) is 0.787. The van der Waals surface area contributed by atoms with Crippen molar-refractivity contribution in [2.75, 3.05) is 25.1 Å². The molecule has 2 aromatic rings. The summed E-state index contributed by atoms with van der Waals surface area (Å²) in [6, 6.07) is 6.74. The van der Waals surface area contributed by atoms with Crippen LogP contribution >= 0.6 is 0 Å². The molecule has 142 valence electrons. The standard InChI is InChI=1S/C22H32N2OS/c1-6-10-24-14-20(2,15-26(5)25)13-21(3)17-8-7-9-18-19(17)16(12-23-18)11-22(21,24)4/h7-9,12,23H,6,10-11,13-15H2,1-5H3/t20-,21-,22?,26?/m1/s1. The number of aromatic amines is 1. The molecule has 1 aliphatic heterocycles. The number of likely N-dealkylation sites (tertiary alicyclic amines) is 1. The largest absolute Gasteiger partial charge is 0.361 e. The zero-order valence-electron chi connectivity index (χ0n) is 16.8. The average Bonchev–Trinajstić information content (AvgIpc) is 2.94. The van der Waals surface area contributed by atoms with Crippen molar-refractivity contribution in [1.29, 1.82) is 0 Å². The van der Waals surface area contributed by atoms with E-state index < -0.39 is 10.8 Å². The zero-order chi connectivity index (χ0) is 18.7. The third-order valence-corrected chi connectivity index (χ3v) is 8.30. The van der Waals surface area contributed by atoms with Gasteiger partial charge in [-0.2, -0.15) is 0 Å². The Morgan fingerprint density at radius 2 is 2.04 bits per heavy atom. The van der Waals surface area contributed by atoms with Gasteiger partial charge in [-0.15, -0.1) is 0 Å². The second kappa shape index (κ2) is 5.93. The van der Waals surface area contributed by atoms with Crippen molar-refractivity contribution in [2.24, 2.45) is 5.41 Å². The van der Waals surface area contributed by atoms with Crippen molar-refractivity contribution in [3.8, 4) is 0 Å². The van der Waals surface area contributed by atoms with Gasteiger partial charge in [0, 0.05) is 57.4 Å². The smallest absolute Gasteiger partial charge is 0.0459 e. The molecule has 1 aromatic carbocycles. The SMILES string of the molecule is CCCN1C[C@](C)(CS(C)=O)C[C@]2(C)c3cccc4[nH]cc(c34)CC12C. The van der Waals surface area contributed by atoms with Gasteiger partial charge in [-0.25, -0.2) is 0 Å². The highest BCUT2D eigenvalue weighted by atomic mass is 32.2. The summed E-state index contributed by atoms with van der Waals surface area (Å²) in [5.41, 5.74) is 4.44. The first kappa shape index (κ1) is 18.2. The van der Waals surface area contributed by atoms with Crippen LogP contribution < -0.4 is 0 Å². The molecule has 1 aromatic heterocycles. The fraction of sp³-hybridized carbons (Fsp3) is 0.636. The molecule has 0 amide bonds. The lowest BCUT2D eigenvalue weighted by Gasteiger charge is -2.63. The number of aromatic nitrogens is 1. The van der Waals surface area contributed by atoms with Gasteiger partial charge in [0.05, 0.1) is 0 Å². The fourth-order valence-electron chi connectivity index (χ4n) is 6.19. The number of nitrogens with zero attached hydrogens (tertiary/aromatic N) is 1. The molecule has 1 saturated heterocycles. The van der Waals surface area contributed by atoms with E-state index in [1.807, 2.05) is 6.26 Å². The van der Waals surface area contributed by atoms with E-state index in [0.717, 1.165) is 38.1 Å². The Morgan fingerprint density at radius 3 is 2.73 bits per heavy atom. The van der Waals surface area contributed by atoms with Gasteiger partial charge in [-0.1, -0.05) is 32.9 Å². The zero-order valence-corrected chi connectivity index (χ0v) is 17.6. The van der Waals surface area contributed by atoms with Crippen molar-refractivity contribution >= 4 is 21.7 Å². The number of rotatable bonds is 4. The molecule has 26 heavy (non-hydrogen) atoms. The van der Waals surface area contributed by atoms with Crippen molar-refractivity contribution in [2.45, 2.75) is 57.9 Å². The molecule has 1 N–H and O–H groups in total. The van der Waals surface area contributed by atoms with Crippen LogP contribution in [0.15, 0.2) is 24.4 Å². The third-order valence-electron chi connectivity index (χ3n) is 7.20. The first-order valence-corrected chi connectivity index (χ1v) is 11.6. The molecule has 0 bridgehead atoms. The van der Waals surface area contributed by atoms with Crippen molar-refractivity contribution in [3.05, 3.63) is 35.5 Å². The van der Waals surface area contributed by atoms with E-state index in [9.17, 15) is 4.21 Å². The molecule has 2 unspecified atom stereocenters. The summed E-state index contributed by atoms with van der Waals surface area (Å²) in [5, 5.41) is 1.44. The average molecular weight is 373 g/mol. The first-order valence-electron chi connectivity index (χ1n) is 9.87. The second-order valence-electron chi connectivity index (χ2n) is 9.45. The van der Waals surface area contributed by atoms with E-state index in [-0.39, 0.29) is 16.4 Å². The second-order valence-corrected chi connectivity index (χ2v) is 10.9. The summed E-state index contributed by atoms with van der Waals surface area (Å²) in [4.78, 5) is 6.22.